The monoisotopic (exact) mass is 199 g/mol. The Bertz CT molecular complexity index is 332. The van der Waals surface area contributed by atoms with E-state index in [0.29, 0.717) is 16.4 Å². The number of carbonyl (C=O) groups is 2. The molecule has 70 valence electrons. The van der Waals surface area contributed by atoms with Crippen LogP contribution in [0.15, 0.2) is 12.1 Å². The Morgan fingerprint density at radius 3 is 2.54 bits per heavy atom. The molecule has 1 heterocycles. The minimum absolute atomic E-state index is 0.322. The summed E-state index contributed by atoms with van der Waals surface area (Å²) < 4.78 is 4.74. The molecular formula is C8H9NO3S. The van der Waals surface area contributed by atoms with Crippen molar-refractivity contribution in [2.75, 3.05) is 6.61 Å². The zero-order valence-corrected chi connectivity index (χ0v) is 7.89. The molecule has 0 radical (unpaired) electrons. The van der Waals surface area contributed by atoms with E-state index < -0.39 is 11.9 Å². The number of carbonyl (C=O) groups excluding carboxylic acids is 2. The predicted molar refractivity (Wildman–Crippen MR) is 48.8 cm³/mol. The molecule has 1 aromatic heterocycles. The summed E-state index contributed by atoms with van der Waals surface area (Å²) >= 11 is 1.04. The third-order valence-electron chi connectivity index (χ3n) is 1.33. The van der Waals surface area contributed by atoms with E-state index in [1.165, 1.54) is 12.1 Å². The average molecular weight is 199 g/mol. The van der Waals surface area contributed by atoms with Crippen molar-refractivity contribution in [3.05, 3.63) is 21.9 Å². The third kappa shape index (κ3) is 2.29. The fourth-order valence-corrected chi connectivity index (χ4v) is 1.53. The SMILES string of the molecule is CCOC(=O)c1ccc(C(N)=O)s1. The summed E-state index contributed by atoms with van der Waals surface area (Å²) in [6, 6.07) is 3.04. The lowest BCUT2D eigenvalue weighted by atomic mass is 10.4. The summed E-state index contributed by atoms with van der Waals surface area (Å²) in [6.45, 7) is 2.04. The minimum Gasteiger partial charge on any atom is -0.462 e. The molecule has 0 aliphatic carbocycles. The number of hydrogen-bond donors (Lipinski definition) is 1. The van der Waals surface area contributed by atoms with Crippen molar-refractivity contribution < 1.29 is 14.3 Å². The van der Waals surface area contributed by atoms with Crippen LogP contribution >= 0.6 is 11.3 Å². The first-order valence-corrected chi connectivity index (χ1v) is 4.53. The van der Waals surface area contributed by atoms with E-state index in [0.717, 1.165) is 11.3 Å². The molecule has 0 bridgehead atoms. The van der Waals surface area contributed by atoms with Gasteiger partial charge in [0.15, 0.2) is 0 Å². The lowest BCUT2D eigenvalue weighted by molar-refractivity contribution is 0.0532. The number of amides is 1. The van der Waals surface area contributed by atoms with E-state index >= 15 is 0 Å². The summed E-state index contributed by atoms with van der Waals surface area (Å²) in [6.07, 6.45) is 0. The van der Waals surface area contributed by atoms with E-state index in [1.807, 2.05) is 0 Å². The smallest absolute Gasteiger partial charge is 0.348 e. The molecule has 1 amide bonds. The van der Waals surface area contributed by atoms with Crippen LogP contribution in [0.4, 0.5) is 0 Å². The Morgan fingerprint density at radius 2 is 2.08 bits per heavy atom. The fourth-order valence-electron chi connectivity index (χ4n) is 0.782. The molecule has 13 heavy (non-hydrogen) atoms. The van der Waals surface area contributed by atoms with Crippen LogP contribution < -0.4 is 5.73 Å². The third-order valence-corrected chi connectivity index (χ3v) is 2.41. The number of nitrogens with two attached hydrogens (primary N) is 1. The predicted octanol–water partition coefficient (Wildman–Crippen LogP) is 1.02. The van der Waals surface area contributed by atoms with Gasteiger partial charge in [-0.15, -0.1) is 11.3 Å². The molecule has 0 fully saturated rings. The molecule has 0 aliphatic heterocycles. The van der Waals surface area contributed by atoms with Crippen molar-refractivity contribution >= 4 is 23.2 Å². The van der Waals surface area contributed by atoms with Gasteiger partial charge in [0.1, 0.15) is 4.88 Å². The Hall–Kier alpha value is -1.36. The van der Waals surface area contributed by atoms with Crippen LogP contribution in [0.5, 0.6) is 0 Å². The number of thiophene rings is 1. The molecule has 0 atom stereocenters. The number of ether oxygens (including phenoxy) is 1. The van der Waals surface area contributed by atoms with Crippen LogP contribution in [0.3, 0.4) is 0 Å². The molecule has 1 rings (SSSR count). The van der Waals surface area contributed by atoms with E-state index in [1.54, 1.807) is 6.92 Å². The maximum atomic E-state index is 11.1. The van der Waals surface area contributed by atoms with Crippen molar-refractivity contribution in [2.45, 2.75) is 6.92 Å². The second-order valence-corrected chi connectivity index (χ2v) is 3.33. The van der Waals surface area contributed by atoms with E-state index in [4.69, 9.17) is 10.5 Å². The molecule has 0 saturated carbocycles. The van der Waals surface area contributed by atoms with Gasteiger partial charge < -0.3 is 10.5 Å². The molecular weight excluding hydrogens is 190 g/mol. The summed E-state index contributed by atoms with van der Waals surface area (Å²) in [5.41, 5.74) is 5.02. The lowest BCUT2D eigenvalue weighted by Gasteiger charge is -1.96. The van der Waals surface area contributed by atoms with Gasteiger partial charge in [0.25, 0.3) is 5.91 Å². The molecule has 0 aliphatic rings. The quantitative estimate of drug-likeness (QED) is 0.739. The van der Waals surface area contributed by atoms with Gasteiger partial charge in [-0.25, -0.2) is 4.79 Å². The lowest BCUT2D eigenvalue weighted by Crippen LogP contribution is -2.08. The second kappa shape index (κ2) is 4.04. The van der Waals surface area contributed by atoms with Gasteiger partial charge in [0.2, 0.25) is 0 Å². The summed E-state index contributed by atoms with van der Waals surface area (Å²) in [4.78, 5) is 22.6. The van der Waals surface area contributed by atoms with Gasteiger partial charge in [-0.3, -0.25) is 4.79 Å². The largest absolute Gasteiger partial charge is 0.462 e. The van der Waals surface area contributed by atoms with Gasteiger partial charge in [0, 0.05) is 0 Å². The fraction of sp³-hybridized carbons (Fsp3) is 0.250. The molecule has 0 saturated heterocycles. The highest BCUT2D eigenvalue weighted by Crippen LogP contribution is 2.16. The molecule has 5 heteroatoms. The van der Waals surface area contributed by atoms with Crippen molar-refractivity contribution in [3.63, 3.8) is 0 Å². The van der Waals surface area contributed by atoms with Gasteiger partial charge in [0.05, 0.1) is 11.5 Å². The highest BCUT2D eigenvalue weighted by molar-refractivity contribution is 7.15. The van der Waals surface area contributed by atoms with Crippen LogP contribution in [0, 0.1) is 0 Å². The van der Waals surface area contributed by atoms with E-state index in [-0.39, 0.29) is 0 Å². The standard InChI is InChI=1S/C8H9NO3S/c1-2-12-8(11)6-4-3-5(13-6)7(9)10/h3-4H,2H2,1H3,(H2,9,10). The number of rotatable bonds is 3. The zero-order valence-electron chi connectivity index (χ0n) is 7.07. The molecule has 0 aromatic carbocycles. The van der Waals surface area contributed by atoms with Crippen molar-refractivity contribution in [3.8, 4) is 0 Å². The van der Waals surface area contributed by atoms with E-state index in [2.05, 4.69) is 0 Å². The first kappa shape index (κ1) is 9.73. The zero-order chi connectivity index (χ0) is 9.84. The van der Waals surface area contributed by atoms with Crippen molar-refractivity contribution in [1.29, 1.82) is 0 Å². The molecule has 0 unspecified atom stereocenters. The van der Waals surface area contributed by atoms with Gasteiger partial charge >= 0.3 is 5.97 Å². The molecule has 0 spiro atoms. The number of primary amides is 1. The van der Waals surface area contributed by atoms with Crippen LogP contribution in [-0.4, -0.2) is 18.5 Å². The molecule has 4 nitrogen and oxygen atoms in total. The van der Waals surface area contributed by atoms with Crippen molar-refractivity contribution in [2.24, 2.45) is 5.73 Å². The Morgan fingerprint density at radius 1 is 1.46 bits per heavy atom. The highest BCUT2D eigenvalue weighted by Gasteiger charge is 2.11. The Labute approximate surface area is 79.3 Å². The van der Waals surface area contributed by atoms with Crippen molar-refractivity contribution in [1.82, 2.24) is 0 Å². The first-order valence-electron chi connectivity index (χ1n) is 3.72. The summed E-state index contributed by atoms with van der Waals surface area (Å²) in [5, 5.41) is 0. The average Bonchev–Trinajstić information content (AvgIpc) is 2.52. The Balaban J connectivity index is 2.79. The maximum Gasteiger partial charge on any atom is 0.348 e. The van der Waals surface area contributed by atoms with Gasteiger partial charge in [-0.2, -0.15) is 0 Å². The van der Waals surface area contributed by atoms with Crippen LogP contribution in [-0.2, 0) is 4.74 Å². The highest BCUT2D eigenvalue weighted by atomic mass is 32.1. The normalized spacial score (nSPS) is 9.62. The first-order chi connectivity index (χ1) is 6.15. The Kier molecular flexibility index (Phi) is 3.02. The van der Waals surface area contributed by atoms with Crippen LogP contribution in [0.2, 0.25) is 0 Å². The summed E-state index contributed by atoms with van der Waals surface area (Å²) in [5.74, 6) is -0.944. The molecule has 1 aromatic rings. The number of esters is 1. The maximum absolute atomic E-state index is 11.1. The number of hydrogen-bond acceptors (Lipinski definition) is 4. The summed E-state index contributed by atoms with van der Waals surface area (Å²) in [7, 11) is 0. The topological polar surface area (TPSA) is 69.4 Å². The van der Waals surface area contributed by atoms with Crippen LogP contribution in [0.25, 0.3) is 0 Å². The van der Waals surface area contributed by atoms with Gasteiger partial charge in [-0.05, 0) is 19.1 Å². The minimum atomic E-state index is -0.527. The van der Waals surface area contributed by atoms with E-state index in [9.17, 15) is 9.59 Å². The second-order valence-electron chi connectivity index (χ2n) is 2.25. The van der Waals surface area contributed by atoms with Crippen LogP contribution in [0.1, 0.15) is 26.3 Å². The molecule has 2 N–H and O–H groups in total. The van der Waals surface area contributed by atoms with Gasteiger partial charge in [-0.1, -0.05) is 0 Å².